The maximum atomic E-state index is 6.62. The molecule has 2 heteroatoms. The number of rotatable bonds is 1. The first-order chi connectivity index (χ1) is 5.34. The monoisotopic (exact) mass is 150 g/mol. The highest BCUT2D eigenvalue weighted by Gasteiger charge is 2.14. The Balaban J connectivity index is 2.46. The van der Waals surface area contributed by atoms with Crippen molar-refractivity contribution in [1.29, 1.82) is 0 Å². The van der Waals surface area contributed by atoms with Crippen LogP contribution in [0.15, 0.2) is 11.9 Å². The second-order valence-electron chi connectivity index (χ2n) is 3.09. The molecule has 2 N–H and O–H groups in total. The maximum Gasteiger partial charge on any atom is 0.172 e. The summed E-state index contributed by atoms with van der Waals surface area (Å²) in [5, 5.41) is 0. The van der Waals surface area contributed by atoms with E-state index in [0.29, 0.717) is 5.92 Å². The lowest BCUT2D eigenvalue weighted by Gasteiger charge is -2.21. The Hall–Kier alpha value is -0.970. The number of hydrogen-bond acceptors (Lipinski definition) is 1. The third-order valence-corrected chi connectivity index (χ3v) is 2.29. The molecule has 0 amide bonds. The number of allylic oxidation sites excluding steroid dienone is 1. The van der Waals surface area contributed by atoms with E-state index in [9.17, 15) is 0 Å². The zero-order valence-corrected chi connectivity index (χ0v) is 6.71. The fourth-order valence-corrected chi connectivity index (χ4v) is 1.62. The van der Waals surface area contributed by atoms with Gasteiger partial charge in [0, 0.05) is 5.70 Å². The van der Waals surface area contributed by atoms with Crippen molar-refractivity contribution in [2.24, 2.45) is 11.7 Å². The van der Waals surface area contributed by atoms with Crippen LogP contribution in [-0.2, 0) is 0 Å². The van der Waals surface area contributed by atoms with Gasteiger partial charge in [0.1, 0.15) is 0 Å². The lowest BCUT2D eigenvalue weighted by atomic mass is 9.87. The molecule has 0 heterocycles. The quantitative estimate of drug-likeness (QED) is 0.571. The van der Waals surface area contributed by atoms with Gasteiger partial charge in [-0.2, -0.15) is 0 Å². The Morgan fingerprint density at radius 1 is 1.36 bits per heavy atom. The predicted molar refractivity (Wildman–Crippen MR) is 45.4 cm³/mol. The van der Waals surface area contributed by atoms with Gasteiger partial charge >= 0.3 is 0 Å². The molecule has 1 saturated carbocycles. The van der Waals surface area contributed by atoms with Crippen molar-refractivity contribution in [3.63, 3.8) is 0 Å². The third kappa shape index (κ3) is 2.27. The molecule has 1 aliphatic carbocycles. The van der Waals surface area contributed by atoms with Crippen molar-refractivity contribution in [3.8, 4) is 0 Å². The average Bonchev–Trinajstić information content (AvgIpc) is 2.07. The van der Waals surface area contributed by atoms with E-state index in [0.717, 1.165) is 5.70 Å². The number of nitrogens with two attached hydrogens (primary N) is 1. The van der Waals surface area contributed by atoms with E-state index < -0.39 is 0 Å². The van der Waals surface area contributed by atoms with Gasteiger partial charge in [-0.05, 0) is 18.8 Å². The number of nitrogens with zero attached hydrogens (tertiary/aromatic N) is 1. The third-order valence-electron chi connectivity index (χ3n) is 2.29. The van der Waals surface area contributed by atoms with E-state index in [2.05, 4.69) is 4.85 Å². The summed E-state index contributed by atoms with van der Waals surface area (Å²) >= 11 is 0. The maximum absolute atomic E-state index is 6.62. The van der Waals surface area contributed by atoms with Crippen molar-refractivity contribution in [3.05, 3.63) is 23.3 Å². The summed E-state index contributed by atoms with van der Waals surface area (Å²) in [4.78, 5) is 3.17. The average molecular weight is 150 g/mol. The van der Waals surface area contributed by atoms with Crippen LogP contribution in [0.1, 0.15) is 32.1 Å². The molecule has 0 atom stereocenters. The summed E-state index contributed by atoms with van der Waals surface area (Å²) in [7, 11) is 0. The van der Waals surface area contributed by atoms with Crippen LogP contribution < -0.4 is 5.73 Å². The van der Waals surface area contributed by atoms with E-state index in [4.69, 9.17) is 12.3 Å². The van der Waals surface area contributed by atoms with Crippen molar-refractivity contribution in [1.82, 2.24) is 0 Å². The van der Waals surface area contributed by atoms with Gasteiger partial charge in [0.25, 0.3) is 0 Å². The standard InChI is InChI=1S/C9H14N2/c1-11-7-9(10)8-5-3-2-4-6-8/h7-8H,2-6,10H2. The summed E-state index contributed by atoms with van der Waals surface area (Å²) in [6.45, 7) is 6.62. The highest BCUT2D eigenvalue weighted by atomic mass is 14.7. The molecule has 60 valence electrons. The predicted octanol–water partition coefficient (Wildman–Crippen LogP) is 2.29. The molecular formula is C9H14N2. The van der Waals surface area contributed by atoms with E-state index in [1.165, 1.54) is 38.3 Å². The summed E-state index contributed by atoms with van der Waals surface area (Å²) in [5.74, 6) is 0.498. The van der Waals surface area contributed by atoms with E-state index in [-0.39, 0.29) is 0 Å². The van der Waals surface area contributed by atoms with Crippen molar-refractivity contribution in [2.45, 2.75) is 32.1 Å². The molecule has 0 aromatic heterocycles. The lowest BCUT2D eigenvalue weighted by Crippen LogP contribution is -2.14. The minimum atomic E-state index is 0.498. The van der Waals surface area contributed by atoms with Gasteiger partial charge in [0.2, 0.25) is 0 Å². The van der Waals surface area contributed by atoms with E-state index >= 15 is 0 Å². The molecular weight excluding hydrogens is 136 g/mol. The molecule has 0 aromatic carbocycles. The van der Waals surface area contributed by atoms with Gasteiger partial charge in [0.05, 0.1) is 6.57 Å². The molecule has 2 nitrogen and oxygen atoms in total. The van der Waals surface area contributed by atoms with Gasteiger partial charge in [-0.1, -0.05) is 19.3 Å². The SMILES string of the molecule is [C-]#[N+]C=C(N)C1CCCCC1. The van der Waals surface area contributed by atoms with Gasteiger partial charge in [-0.25, -0.2) is 4.85 Å². The van der Waals surface area contributed by atoms with Gasteiger partial charge < -0.3 is 5.73 Å². The summed E-state index contributed by atoms with van der Waals surface area (Å²) in [5.41, 5.74) is 6.50. The number of hydrogen-bond donors (Lipinski definition) is 1. The molecule has 1 fully saturated rings. The molecule has 0 spiro atoms. The first-order valence-corrected chi connectivity index (χ1v) is 4.16. The first kappa shape index (κ1) is 8.13. The zero-order chi connectivity index (χ0) is 8.10. The van der Waals surface area contributed by atoms with Crippen LogP contribution in [0.2, 0.25) is 0 Å². The van der Waals surface area contributed by atoms with Gasteiger partial charge in [-0.3, -0.25) is 0 Å². The lowest BCUT2D eigenvalue weighted by molar-refractivity contribution is 0.400. The van der Waals surface area contributed by atoms with Crippen LogP contribution in [-0.4, -0.2) is 0 Å². The van der Waals surface area contributed by atoms with Gasteiger partial charge in [-0.15, -0.1) is 0 Å². The second kappa shape index (κ2) is 4.02. The minimum Gasteiger partial charge on any atom is -0.411 e. The zero-order valence-electron chi connectivity index (χ0n) is 6.71. The minimum absolute atomic E-state index is 0.498. The molecule has 11 heavy (non-hydrogen) atoms. The fourth-order valence-electron chi connectivity index (χ4n) is 1.62. The Labute approximate surface area is 67.9 Å². The van der Waals surface area contributed by atoms with Gasteiger partial charge in [0.15, 0.2) is 6.20 Å². The van der Waals surface area contributed by atoms with Crippen molar-refractivity contribution < 1.29 is 0 Å². The van der Waals surface area contributed by atoms with Crippen LogP contribution in [0.25, 0.3) is 4.85 Å². The van der Waals surface area contributed by atoms with Crippen LogP contribution in [0.4, 0.5) is 0 Å². The molecule has 0 saturated heterocycles. The first-order valence-electron chi connectivity index (χ1n) is 4.16. The smallest absolute Gasteiger partial charge is 0.172 e. The Morgan fingerprint density at radius 3 is 2.55 bits per heavy atom. The van der Waals surface area contributed by atoms with E-state index in [1.807, 2.05) is 0 Å². The molecule has 1 aliphatic rings. The second-order valence-corrected chi connectivity index (χ2v) is 3.09. The van der Waals surface area contributed by atoms with Crippen LogP contribution in [0, 0.1) is 12.5 Å². The molecule has 1 rings (SSSR count). The summed E-state index contributed by atoms with van der Waals surface area (Å²) in [6.07, 6.45) is 7.71. The molecule has 0 radical (unpaired) electrons. The Morgan fingerprint density at radius 2 is 2.00 bits per heavy atom. The molecule has 0 unspecified atom stereocenters. The fraction of sp³-hybridized carbons (Fsp3) is 0.667. The normalized spacial score (nSPS) is 21.2. The Bertz CT molecular complexity index is 182. The molecule has 0 aliphatic heterocycles. The van der Waals surface area contributed by atoms with Crippen LogP contribution >= 0.6 is 0 Å². The Kier molecular flexibility index (Phi) is 2.97. The molecule has 0 bridgehead atoms. The summed E-state index contributed by atoms with van der Waals surface area (Å²) in [6, 6.07) is 0. The molecule has 0 aromatic rings. The van der Waals surface area contributed by atoms with E-state index in [1.54, 1.807) is 0 Å². The van der Waals surface area contributed by atoms with Crippen LogP contribution in [0.3, 0.4) is 0 Å². The topological polar surface area (TPSA) is 30.4 Å². The summed E-state index contributed by atoms with van der Waals surface area (Å²) < 4.78 is 0. The van der Waals surface area contributed by atoms with Crippen LogP contribution in [0.5, 0.6) is 0 Å². The largest absolute Gasteiger partial charge is 0.411 e. The van der Waals surface area contributed by atoms with Crippen molar-refractivity contribution in [2.75, 3.05) is 0 Å². The highest BCUT2D eigenvalue weighted by Crippen LogP contribution is 2.27. The van der Waals surface area contributed by atoms with Crippen molar-refractivity contribution >= 4 is 0 Å². The highest BCUT2D eigenvalue weighted by molar-refractivity contribution is 5.06.